The molecule has 0 amide bonds. The lowest BCUT2D eigenvalue weighted by Crippen LogP contribution is -2.00. The monoisotopic (exact) mass is 337 g/mol. The Hall–Kier alpha value is -3.22. The molecular weight excluding hydrogens is 321 g/mol. The van der Waals surface area contributed by atoms with E-state index in [1.165, 1.54) is 0 Å². The van der Waals surface area contributed by atoms with Crippen molar-refractivity contribution in [2.24, 2.45) is 7.05 Å². The molecule has 4 rings (SSSR count). The van der Waals surface area contributed by atoms with Crippen molar-refractivity contribution in [1.82, 2.24) is 19.5 Å². The van der Waals surface area contributed by atoms with Crippen molar-refractivity contribution >= 4 is 33.6 Å². The molecule has 4 aromatic rings. The van der Waals surface area contributed by atoms with E-state index in [0.717, 1.165) is 21.9 Å². The highest BCUT2D eigenvalue weighted by molar-refractivity contribution is 6.06. The second-order valence-corrected chi connectivity index (χ2v) is 5.56. The van der Waals surface area contributed by atoms with Gasteiger partial charge in [-0.1, -0.05) is 0 Å². The number of hydrogen-bond donors (Lipinski definition) is 1. The van der Waals surface area contributed by atoms with E-state index >= 15 is 0 Å². The smallest absolute Gasteiger partial charge is 0.143 e. The first-order valence-corrected chi connectivity index (χ1v) is 7.87. The van der Waals surface area contributed by atoms with Gasteiger partial charge in [0.05, 0.1) is 11.7 Å². The highest BCUT2D eigenvalue weighted by Gasteiger charge is 2.10. The van der Waals surface area contributed by atoms with Crippen LogP contribution in [0.2, 0.25) is 0 Å². The Morgan fingerprint density at radius 1 is 1.08 bits per heavy atom. The molecule has 25 heavy (non-hydrogen) atoms. The summed E-state index contributed by atoms with van der Waals surface area (Å²) in [6.07, 6.45) is 5.18. The van der Waals surface area contributed by atoms with Crippen LogP contribution < -0.4 is 10.1 Å². The minimum absolute atomic E-state index is 0.0303. The normalized spacial score (nSPS) is 11.1. The number of nitrogens with one attached hydrogen (secondary N) is 1. The van der Waals surface area contributed by atoms with Gasteiger partial charge in [-0.05, 0) is 30.3 Å². The first kappa shape index (κ1) is 15.3. The molecule has 4 aromatic heterocycles. The third kappa shape index (κ3) is 2.84. The van der Waals surface area contributed by atoms with E-state index < -0.39 is 6.67 Å². The number of pyridine rings is 3. The van der Waals surface area contributed by atoms with Gasteiger partial charge in [0.15, 0.2) is 0 Å². The van der Waals surface area contributed by atoms with Crippen molar-refractivity contribution in [2.45, 2.75) is 0 Å². The van der Waals surface area contributed by atoms with Crippen molar-refractivity contribution in [3.05, 3.63) is 48.9 Å². The van der Waals surface area contributed by atoms with E-state index in [2.05, 4.69) is 20.3 Å². The average Bonchev–Trinajstić information content (AvgIpc) is 2.94. The molecule has 0 radical (unpaired) electrons. The summed E-state index contributed by atoms with van der Waals surface area (Å²) in [4.78, 5) is 13.1. The number of aryl methyl sites for hydroxylation is 1. The van der Waals surface area contributed by atoms with Gasteiger partial charge in [0.1, 0.15) is 36.3 Å². The summed E-state index contributed by atoms with van der Waals surface area (Å²) in [6.45, 7) is -0.493. The van der Waals surface area contributed by atoms with E-state index in [0.29, 0.717) is 17.4 Å². The van der Waals surface area contributed by atoms with Crippen LogP contribution in [-0.2, 0) is 7.05 Å². The summed E-state index contributed by atoms with van der Waals surface area (Å²) in [5.74, 6) is 1.86. The van der Waals surface area contributed by atoms with Gasteiger partial charge < -0.3 is 14.6 Å². The van der Waals surface area contributed by atoms with Gasteiger partial charge >= 0.3 is 0 Å². The van der Waals surface area contributed by atoms with E-state index in [1.54, 1.807) is 24.5 Å². The Balaban J connectivity index is 1.63. The van der Waals surface area contributed by atoms with Crippen molar-refractivity contribution in [1.29, 1.82) is 0 Å². The number of aromatic nitrogens is 4. The number of nitrogens with zero attached hydrogens (tertiary/aromatic N) is 4. The minimum atomic E-state index is -0.523. The molecule has 6 nitrogen and oxygen atoms in total. The van der Waals surface area contributed by atoms with E-state index in [-0.39, 0.29) is 6.61 Å². The Morgan fingerprint density at radius 3 is 2.76 bits per heavy atom. The molecule has 0 aliphatic rings. The third-order valence-electron chi connectivity index (χ3n) is 3.98. The predicted octanol–water partition coefficient (Wildman–Crippen LogP) is 3.61. The molecule has 0 unspecified atom stereocenters. The SMILES string of the molecule is Cn1c2ccncc2c2ccc(Nc3ccc(OCCF)cn3)nc21. The zero-order chi connectivity index (χ0) is 17.2. The highest BCUT2D eigenvalue weighted by Crippen LogP contribution is 2.27. The molecule has 4 heterocycles. The average molecular weight is 337 g/mol. The fourth-order valence-corrected chi connectivity index (χ4v) is 2.81. The van der Waals surface area contributed by atoms with Crippen LogP contribution in [0.1, 0.15) is 0 Å². The Morgan fingerprint density at radius 2 is 1.96 bits per heavy atom. The molecule has 0 aromatic carbocycles. The molecule has 0 spiro atoms. The first-order valence-electron chi connectivity index (χ1n) is 7.87. The second-order valence-electron chi connectivity index (χ2n) is 5.56. The molecule has 0 atom stereocenters. The van der Waals surface area contributed by atoms with Crippen LogP contribution in [0.3, 0.4) is 0 Å². The molecule has 1 N–H and O–H groups in total. The lowest BCUT2D eigenvalue weighted by molar-refractivity contribution is 0.272. The fraction of sp³-hybridized carbons (Fsp3) is 0.167. The van der Waals surface area contributed by atoms with E-state index in [1.807, 2.05) is 36.0 Å². The van der Waals surface area contributed by atoms with Gasteiger partial charge in [0, 0.05) is 30.2 Å². The van der Waals surface area contributed by atoms with Gasteiger partial charge in [0.25, 0.3) is 0 Å². The Bertz CT molecular complexity index is 1030. The molecule has 0 bridgehead atoms. The van der Waals surface area contributed by atoms with Gasteiger partial charge in [-0.2, -0.15) is 0 Å². The summed E-state index contributed by atoms with van der Waals surface area (Å²) in [7, 11) is 1.98. The van der Waals surface area contributed by atoms with Crippen molar-refractivity contribution in [3.63, 3.8) is 0 Å². The van der Waals surface area contributed by atoms with Crippen LogP contribution in [0.4, 0.5) is 16.0 Å². The third-order valence-corrected chi connectivity index (χ3v) is 3.98. The highest BCUT2D eigenvalue weighted by atomic mass is 19.1. The maximum atomic E-state index is 12.1. The van der Waals surface area contributed by atoms with Crippen LogP contribution in [0.25, 0.3) is 21.9 Å². The van der Waals surface area contributed by atoms with Crippen LogP contribution in [0.15, 0.2) is 48.9 Å². The van der Waals surface area contributed by atoms with Gasteiger partial charge in [0.2, 0.25) is 0 Å². The molecule has 0 saturated heterocycles. The Kier molecular flexibility index (Phi) is 3.89. The van der Waals surface area contributed by atoms with Gasteiger partial charge in [-0.3, -0.25) is 4.98 Å². The maximum Gasteiger partial charge on any atom is 0.143 e. The maximum absolute atomic E-state index is 12.1. The van der Waals surface area contributed by atoms with Gasteiger partial charge in [-0.25, -0.2) is 14.4 Å². The van der Waals surface area contributed by atoms with Gasteiger partial charge in [-0.15, -0.1) is 0 Å². The zero-order valence-electron chi connectivity index (χ0n) is 13.6. The number of rotatable bonds is 5. The number of hydrogen-bond acceptors (Lipinski definition) is 5. The predicted molar refractivity (Wildman–Crippen MR) is 95.0 cm³/mol. The van der Waals surface area contributed by atoms with Crippen LogP contribution in [-0.4, -0.2) is 32.8 Å². The summed E-state index contributed by atoms with van der Waals surface area (Å²) >= 11 is 0. The van der Waals surface area contributed by atoms with Crippen molar-refractivity contribution in [3.8, 4) is 5.75 Å². The summed E-state index contributed by atoms with van der Waals surface area (Å²) in [5, 5.41) is 5.30. The number of fused-ring (bicyclic) bond motifs is 3. The summed E-state index contributed by atoms with van der Waals surface area (Å²) < 4.78 is 19.3. The van der Waals surface area contributed by atoms with Crippen LogP contribution in [0.5, 0.6) is 5.75 Å². The molecule has 0 fully saturated rings. The molecular formula is C18H16FN5O. The molecule has 126 valence electrons. The summed E-state index contributed by atoms with van der Waals surface area (Å²) in [5.41, 5.74) is 1.96. The number of alkyl halides is 1. The molecule has 0 aliphatic carbocycles. The summed E-state index contributed by atoms with van der Waals surface area (Å²) in [6, 6.07) is 9.41. The molecule has 0 aliphatic heterocycles. The van der Waals surface area contributed by atoms with E-state index in [4.69, 9.17) is 4.74 Å². The number of anilines is 2. The topological polar surface area (TPSA) is 64.9 Å². The first-order chi connectivity index (χ1) is 12.3. The zero-order valence-corrected chi connectivity index (χ0v) is 13.6. The quantitative estimate of drug-likeness (QED) is 0.603. The lowest BCUT2D eigenvalue weighted by atomic mass is 10.2. The minimum Gasteiger partial charge on any atom is -0.489 e. The Labute approximate surface area is 143 Å². The van der Waals surface area contributed by atoms with Crippen molar-refractivity contribution < 1.29 is 9.13 Å². The van der Waals surface area contributed by atoms with Crippen LogP contribution >= 0.6 is 0 Å². The van der Waals surface area contributed by atoms with Crippen molar-refractivity contribution in [2.75, 3.05) is 18.6 Å². The molecule has 0 saturated carbocycles. The largest absolute Gasteiger partial charge is 0.489 e. The van der Waals surface area contributed by atoms with E-state index in [9.17, 15) is 4.39 Å². The second kappa shape index (κ2) is 6.35. The lowest BCUT2D eigenvalue weighted by Gasteiger charge is -2.07. The molecule has 7 heteroatoms. The standard InChI is InChI=1S/C18H16FN5O/c1-24-15-6-8-20-11-14(15)13-3-5-17(23-18(13)24)22-16-4-2-12(10-21-16)25-9-7-19/h2-6,8,10-11H,7,9H2,1H3,(H,21,22,23). The fourth-order valence-electron chi connectivity index (χ4n) is 2.81. The number of halogens is 1. The number of ether oxygens (including phenoxy) is 1. The van der Waals surface area contributed by atoms with Crippen LogP contribution in [0, 0.1) is 0 Å².